The SMILES string of the molecule is C=CC(=O)N1CCN(c2nc(OCC3(CN4CC[C@H](F)C4)CC3)nc3c2CCN(c2cccc(Cl)c2C(F)(F)F)C3)CC1CC#N. The van der Waals surface area contributed by atoms with Gasteiger partial charge in [0.2, 0.25) is 5.91 Å². The van der Waals surface area contributed by atoms with Gasteiger partial charge in [0, 0.05) is 56.8 Å². The molecular formula is C32H36ClF4N7O2. The van der Waals surface area contributed by atoms with Crippen molar-refractivity contribution in [1.82, 2.24) is 19.8 Å². The first-order chi connectivity index (χ1) is 22.0. The minimum absolute atomic E-state index is 0.0207. The number of halogens is 5. The number of aromatic nitrogens is 2. The number of carbonyl (C=O) groups excluding carboxylic acids is 1. The van der Waals surface area contributed by atoms with E-state index in [1.807, 2.05) is 4.90 Å². The summed E-state index contributed by atoms with van der Waals surface area (Å²) in [7, 11) is 0. The number of ether oxygens (including phenoxy) is 1. The number of nitrogens with zero attached hydrogens (tertiary/aromatic N) is 7. The van der Waals surface area contributed by atoms with Gasteiger partial charge in [-0.2, -0.15) is 28.4 Å². The van der Waals surface area contributed by atoms with Gasteiger partial charge in [0.25, 0.3) is 0 Å². The highest BCUT2D eigenvalue weighted by atomic mass is 35.5. The second-order valence-corrected chi connectivity index (χ2v) is 13.1. The number of carbonyl (C=O) groups is 1. The lowest BCUT2D eigenvalue weighted by Crippen LogP contribution is -2.55. The highest BCUT2D eigenvalue weighted by molar-refractivity contribution is 6.31. The Morgan fingerprint density at radius 1 is 1.17 bits per heavy atom. The highest BCUT2D eigenvalue weighted by Crippen LogP contribution is 2.47. The lowest BCUT2D eigenvalue weighted by atomic mass is 10.0. The maximum Gasteiger partial charge on any atom is 0.419 e. The fourth-order valence-corrected chi connectivity index (χ4v) is 7.13. The van der Waals surface area contributed by atoms with Crippen molar-refractivity contribution in [2.75, 3.05) is 62.2 Å². The normalized spacial score (nSPS) is 22.7. The van der Waals surface area contributed by atoms with Crippen LogP contribution < -0.4 is 14.5 Å². The molecule has 46 heavy (non-hydrogen) atoms. The number of anilines is 2. The van der Waals surface area contributed by atoms with Crippen LogP contribution in [-0.2, 0) is 23.9 Å². The number of hydrogen-bond acceptors (Lipinski definition) is 8. The summed E-state index contributed by atoms with van der Waals surface area (Å²) >= 11 is 6.05. The molecule has 4 aliphatic rings. The highest BCUT2D eigenvalue weighted by Gasteiger charge is 2.46. The summed E-state index contributed by atoms with van der Waals surface area (Å²) in [6.07, 6.45) is -1.32. The second kappa shape index (κ2) is 12.9. The summed E-state index contributed by atoms with van der Waals surface area (Å²) in [6.45, 7) is 7.27. The molecule has 2 atom stereocenters. The van der Waals surface area contributed by atoms with E-state index in [9.17, 15) is 27.6 Å². The zero-order chi connectivity index (χ0) is 32.6. The van der Waals surface area contributed by atoms with Crippen molar-refractivity contribution in [2.24, 2.45) is 5.41 Å². The van der Waals surface area contributed by atoms with Gasteiger partial charge in [-0.25, -0.2) is 4.39 Å². The van der Waals surface area contributed by atoms with Crippen LogP contribution >= 0.6 is 11.6 Å². The Bertz CT molecular complexity index is 1530. The van der Waals surface area contributed by atoms with Crippen molar-refractivity contribution < 1.29 is 27.1 Å². The van der Waals surface area contributed by atoms with Crippen LogP contribution in [0.1, 0.15) is 42.5 Å². The molecule has 6 rings (SSSR count). The fraction of sp³-hybridized carbons (Fsp3) is 0.562. The largest absolute Gasteiger partial charge is 0.463 e. The molecule has 3 aliphatic heterocycles. The van der Waals surface area contributed by atoms with Gasteiger partial charge in [-0.05, 0) is 43.9 Å². The van der Waals surface area contributed by atoms with Gasteiger partial charge < -0.3 is 19.4 Å². The molecule has 2 aromatic rings. The molecule has 0 bridgehead atoms. The third-order valence-corrected chi connectivity index (χ3v) is 9.76. The first kappa shape index (κ1) is 32.3. The Morgan fingerprint density at radius 2 is 1.98 bits per heavy atom. The summed E-state index contributed by atoms with van der Waals surface area (Å²) < 4.78 is 62.3. The number of alkyl halides is 4. The summed E-state index contributed by atoms with van der Waals surface area (Å²) in [4.78, 5) is 29.5. The molecule has 1 amide bonds. The Kier molecular flexibility index (Phi) is 9.04. The first-order valence-corrected chi connectivity index (χ1v) is 15.9. The number of likely N-dealkylation sites (tertiary alicyclic amines) is 1. The quantitative estimate of drug-likeness (QED) is 0.273. The molecule has 0 spiro atoms. The van der Waals surface area contributed by atoms with Crippen LogP contribution in [0.4, 0.5) is 29.1 Å². The number of benzene rings is 1. The minimum Gasteiger partial charge on any atom is -0.463 e. The molecule has 246 valence electrons. The zero-order valence-electron chi connectivity index (χ0n) is 25.4. The second-order valence-electron chi connectivity index (χ2n) is 12.7. The summed E-state index contributed by atoms with van der Waals surface area (Å²) in [5.74, 6) is 0.346. The maximum atomic E-state index is 14.1. The molecule has 1 aromatic carbocycles. The minimum atomic E-state index is -4.65. The molecule has 1 aliphatic carbocycles. The molecule has 0 radical (unpaired) electrons. The molecule has 1 aromatic heterocycles. The van der Waals surface area contributed by atoms with E-state index in [0.717, 1.165) is 24.9 Å². The Morgan fingerprint density at radius 3 is 2.65 bits per heavy atom. The van der Waals surface area contributed by atoms with E-state index in [1.54, 1.807) is 9.80 Å². The van der Waals surface area contributed by atoms with Crippen molar-refractivity contribution in [3.8, 4) is 12.1 Å². The lowest BCUT2D eigenvalue weighted by molar-refractivity contribution is -0.137. The number of amides is 1. The van der Waals surface area contributed by atoms with Crippen LogP contribution in [0.5, 0.6) is 6.01 Å². The van der Waals surface area contributed by atoms with Crippen molar-refractivity contribution in [2.45, 2.75) is 57.0 Å². The smallest absolute Gasteiger partial charge is 0.419 e. The van der Waals surface area contributed by atoms with E-state index in [2.05, 4.69) is 17.5 Å². The van der Waals surface area contributed by atoms with E-state index in [4.69, 9.17) is 26.3 Å². The van der Waals surface area contributed by atoms with E-state index < -0.39 is 24.0 Å². The van der Waals surface area contributed by atoms with Gasteiger partial charge in [0.1, 0.15) is 12.0 Å². The van der Waals surface area contributed by atoms with Gasteiger partial charge in [0.15, 0.2) is 0 Å². The van der Waals surface area contributed by atoms with Crippen molar-refractivity contribution in [3.63, 3.8) is 0 Å². The zero-order valence-corrected chi connectivity index (χ0v) is 26.2. The number of piperazine rings is 1. The van der Waals surface area contributed by atoms with Gasteiger partial charge in [0.05, 0.1) is 53.7 Å². The Labute approximate surface area is 270 Å². The molecular weight excluding hydrogens is 626 g/mol. The summed E-state index contributed by atoms with van der Waals surface area (Å²) in [5.41, 5.74) is 0.317. The van der Waals surface area contributed by atoms with Gasteiger partial charge >= 0.3 is 12.2 Å². The maximum absolute atomic E-state index is 14.1. The molecule has 9 nitrogen and oxygen atoms in total. The van der Waals surface area contributed by atoms with E-state index in [-0.39, 0.29) is 47.6 Å². The average Bonchev–Trinajstić information content (AvgIpc) is 3.68. The molecule has 1 unspecified atom stereocenters. The van der Waals surface area contributed by atoms with Crippen LogP contribution in [-0.4, -0.2) is 90.3 Å². The van der Waals surface area contributed by atoms with Crippen LogP contribution in [0.2, 0.25) is 5.02 Å². The average molecular weight is 662 g/mol. The van der Waals surface area contributed by atoms with Crippen molar-refractivity contribution >= 4 is 29.0 Å². The van der Waals surface area contributed by atoms with Crippen LogP contribution in [0.25, 0.3) is 0 Å². The first-order valence-electron chi connectivity index (χ1n) is 15.5. The van der Waals surface area contributed by atoms with Gasteiger partial charge in [-0.3, -0.25) is 9.69 Å². The Hall–Kier alpha value is -3.63. The van der Waals surface area contributed by atoms with Crippen LogP contribution in [0.15, 0.2) is 30.9 Å². The predicted molar refractivity (Wildman–Crippen MR) is 164 cm³/mol. The third-order valence-electron chi connectivity index (χ3n) is 9.44. The van der Waals surface area contributed by atoms with Crippen molar-refractivity contribution in [3.05, 3.63) is 52.7 Å². The lowest BCUT2D eigenvalue weighted by Gasteiger charge is -2.42. The molecule has 3 fully saturated rings. The number of rotatable bonds is 9. The third kappa shape index (κ3) is 6.74. The number of hydrogen-bond donors (Lipinski definition) is 0. The summed E-state index contributed by atoms with van der Waals surface area (Å²) in [5, 5.41) is 9.12. The molecule has 2 saturated heterocycles. The van der Waals surface area contributed by atoms with E-state index in [1.165, 1.54) is 24.3 Å². The molecule has 1 saturated carbocycles. The van der Waals surface area contributed by atoms with Crippen LogP contribution in [0, 0.1) is 16.7 Å². The van der Waals surface area contributed by atoms with Crippen LogP contribution in [0.3, 0.4) is 0 Å². The number of fused-ring (bicyclic) bond motifs is 1. The standard InChI is InChI=1S/C32H36ClF4N7O2/c1-2-27(45)44-15-14-43(17-22(44)6-11-38)29-23-8-13-42(26-5-3-4-24(33)28(26)32(35,36)37)18-25(23)39-30(40-29)46-20-31(9-10-31)19-41-12-7-21(34)16-41/h2-5,21-22H,1,6-10,12-20H2/t21-,22?/m0/s1. The van der Waals surface area contributed by atoms with E-state index >= 15 is 0 Å². The fourth-order valence-electron chi connectivity index (χ4n) is 6.86. The Balaban J connectivity index is 1.30. The summed E-state index contributed by atoms with van der Waals surface area (Å²) in [6, 6.07) is 6.04. The molecule has 0 N–H and O–H groups in total. The monoisotopic (exact) mass is 661 g/mol. The molecule has 14 heteroatoms. The van der Waals surface area contributed by atoms with E-state index in [0.29, 0.717) is 63.7 Å². The topological polar surface area (TPSA) is 88.8 Å². The number of nitriles is 1. The predicted octanol–water partition coefficient (Wildman–Crippen LogP) is 5.03. The van der Waals surface area contributed by atoms with Gasteiger partial charge in [-0.1, -0.05) is 24.2 Å². The van der Waals surface area contributed by atoms with Gasteiger partial charge in [-0.15, -0.1) is 0 Å². The molecule has 4 heterocycles. The van der Waals surface area contributed by atoms with Crippen molar-refractivity contribution in [1.29, 1.82) is 5.26 Å².